The summed E-state index contributed by atoms with van der Waals surface area (Å²) in [6.07, 6.45) is 9.85. The largest absolute Gasteiger partial charge is 0.0990 e. The molecule has 0 rings (SSSR count). The maximum atomic E-state index is 4.03. The summed E-state index contributed by atoms with van der Waals surface area (Å²) in [5.74, 6) is 0. The van der Waals surface area contributed by atoms with E-state index in [1.165, 1.54) is 5.57 Å². The quantitative estimate of drug-likeness (QED) is 0.560. The van der Waals surface area contributed by atoms with Crippen LogP contribution in [0.1, 0.15) is 20.8 Å². The summed E-state index contributed by atoms with van der Waals surface area (Å²) in [5, 5.41) is 0. The van der Waals surface area contributed by atoms with Crippen LogP contribution in [-0.4, -0.2) is 0 Å². The second-order valence-electron chi connectivity index (χ2n) is 2.81. The van der Waals surface area contributed by atoms with E-state index in [-0.39, 0.29) is 0 Å². The van der Waals surface area contributed by atoms with Gasteiger partial charge in [-0.05, 0) is 37.5 Å². The van der Waals surface area contributed by atoms with Crippen molar-refractivity contribution in [1.29, 1.82) is 0 Å². The van der Waals surface area contributed by atoms with Gasteiger partial charge < -0.3 is 0 Å². The molecule has 0 bridgehead atoms. The average molecular weight is 174 g/mol. The normalized spacial score (nSPS) is 13.5. The minimum Gasteiger partial charge on any atom is -0.0990 e. The monoisotopic (exact) mass is 174 g/mol. The van der Waals surface area contributed by atoms with Gasteiger partial charge in [0.1, 0.15) is 0 Å². The highest BCUT2D eigenvalue weighted by Gasteiger charge is 1.98. The second kappa shape index (κ2) is 6.24. The van der Waals surface area contributed by atoms with Crippen LogP contribution in [0.15, 0.2) is 60.3 Å². The van der Waals surface area contributed by atoms with E-state index >= 15 is 0 Å². The predicted octanol–water partition coefficient (Wildman–Crippen LogP) is 4.20. The van der Waals surface area contributed by atoms with Crippen LogP contribution in [0, 0.1) is 0 Å². The van der Waals surface area contributed by atoms with E-state index in [0.717, 1.165) is 11.1 Å². The SMILES string of the molecule is C=C/C=C(\C=C/C)C(=C)/C(C)=C\C. The Kier molecular flexibility index (Phi) is 5.62. The van der Waals surface area contributed by atoms with Gasteiger partial charge in [0.2, 0.25) is 0 Å². The second-order valence-corrected chi connectivity index (χ2v) is 2.81. The van der Waals surface area contributed by atoms with Gasteiger partial charge in [0.15, 0.2) is 0 Å². The van der Waals surface area contributed by atoms with Crippen molar-refractivity contribution in [1.82, 2.24) is 0 Å². The third-order valence-corrected chi connectivity index (χ3v) is 1.90. The summed E-state index contributed by atoms with van der Waals surface area (Å²) in [5.41, 5.74) is 3.37. The van der Waals surface area contributed by atoms with Gasteiger partial charge in [-0.25, -0.2) is 0 Å². The number of hydrogen-bond donors (Lipinski definition) is 0. The van der Waals surface area contributed by atoms with Gasteiger partial charge in [-0.15, -0.1) is 0 Å². The zero-order valence-corrected chi connectivity index (χ0v) is 8.80. The van der Waals surface area contributed by atoms with Gasteiger partial charge >= 0.3 is 0 Å². The molecule has 0 spiro atoms. The van der Waals surface area contributed by atoms with Crippen molar-refractivity contribution in [2.24, 2.45) is 0 Å². The molecule has 0 aliphatic carbocycles. The Hall–Kier alpha value is -1.30. The summed E-state index contributed by atoms with van der Waals surface area (Å²) >= 11 is 0. The lowest BCUT2D eigenvalue weighted by molar-refractivity contribution is 1.36. The van der Waals surface area contributed by atoms with E-state index in [9.17, 15) is 0 Å². The summed E-state index contributed by atoms with van der Waals surface area (Å²) < 4.78 is 0. The Morgan fingerprint density at radius 3 is 2.23 bits per heavy atom. The Morgan fingerprint density at radius 1 is 1.23 bits per heavy atom. The highest BCUT2D eigenvalue weighted by Crippen LogP contribution is 2.18. The van der Waals surface area contributed by atoms with Crippen LogP contribution >= 0.6 is 0 Å². The topological polar surface area (TPSA) is 0 Å². The fraction of sp³-hybridized carbons (Fsp3) is 0.231. The van der Waals surface area contributed by atoms with Gasteiger partial charge in [0, 0.05) is 0 Å². The standard InChI is InChI=1S/C13H18/c1-6-9-13(10-7-2)12(5)11(4)8-3/h6-10H,1,5H2,2-4H3/b10-7-,11-8-,13-9+. The first-order valence-electron chi connectivity index (χ1n) is 4.45. The molecular weight excluding hydrogens is 156 g/mol. The summed E-state index contributed by atoms with van der Waals surface area (Å²) in [6, 6.07) is 0. The van der Waals surface area contributed by atoms with E-state index in [1.807, 2.05) is 32.1 Å². The zero-order chi connectivity index (χ0) is 10.3. The number of hydrogen-bond acceptors (Lipinski definition) is 0. The van der Waals surface area contributed by atoms with Crippen molar-refractivity contribution in [2.45, 2.75) is 20.8 Å². The van der Waals surface area contributed by atoms with E-state index in [2.05, 4.69) is 26.2 Å². The molecule has 0 fully saturated rings. The Bertz CT molecular complexity index is 272. The van der Waals surface area contributed by atoms with E-state index in [1.54, 1.807) is 6.08 Å². The molecule has 0 N–H and O–H groups in total. The zero-order valence-electron chi connectivity index (χ0n) is 8.80. The third kappa shape index (κ3) is 3.75. The maximum absolute atomic E-state index is 4.03. The van der Waals surface area contributed by atoms with Crippen LogP contribution < -0.4 is 0 Å². The average Bonchev–Trinajstić information content (AvgIpc) is 2.15. The van der Waals surface area contributed by atoms with Gasteiger partial charge in [-0.1, -0.05) is 43.5 Å². The fourth-order valence-corrected chi connectivity index (χ4v) is 0.965. The minimum atomic E-state index is 1.06. The molecule has 0 atom stereocenters. The van der Waals surface area contributed by atoms with Gasteiger partial charge in [-0.3, -0.25) is 0 Å². The van der Waals surface area contributed by atoms with Gasteiger partial charge in [0.25, 0.3) is 0 Å². The molecule has 0 aliphatic heterocycles. The van der Waals surface area contributed by atoms with Crippen LogP contribution in [0.25, 0.3) is 0 Å². The van der Waals surface area contributed by atoms with E-state index in [0.29, 0.717) is 0 Å². The molecule has 70 valence electrons. The smallest absolute Gasteiger partial charge is 0.0191 e. The van der Waals surface area contributed by atoms with Crippen molar-refractivity contribution in [3.05, 3.63) is 60.3 Å². The predicted molar refractivity (Wildman–Crippen MR) is 61.7 cm³/mol. The molecule has 0 aliphatic rings. The first kappa shape index (κ1) is 11.7. The molecule has 0 nitrogen and oxygen atoms in total. The lowest BCUT2D eigenvalue weighted by Crippen LogP contribution is -1.86. The van der Waals surface area contributed by atoms with Crippen LogP contribution in [-0.2, 0) is 0 Å². The summed E-state index contributed by atoms with van der Waals surface area (Å²) in [6.45, 7) is 13.8. The molecule has 0 heteroatoms. The first-order chi connectivity index (χ1) is 6.17. The molecule has 0 aromatic carbocycles. The van der Waals surface area contributed by atoms with Crippen LogP contribution in [0.2, 0.25) is 0 Å². The van der Waals surface area contributed by atoms with Crippen molar-refractivity contribution >= 4 is 0 Å². The molecule has 0 radical (unpaired) electrons. The number of rotatable bonds is 4. The Balaban J connectivity index is 4.87. The van der Waals surface area contributed by atoms with Crippen LogP contribution in [0.5, 0.6) is 0 Å². The molecule has 0 heterocycles. The fourth-order valence-electron chi connectivity index (χ4n) is 0.965. The molecule has 0 saturated heterocycles. The summed E-state index contributed by atoms with van der Waals surface area (Å²) in [4.78, 5) is 0. The van der Waals surface area contributed by atoms with Crippen molar-refractivity contribution in [2.75, 3.05) is 0 Å². The minimum absolute atomic E-state index is 1.06. The molecule has 0 aromatic rings. The Morgan fingerprint density at radius 2 is 1.85 bits per heavy atom. The van der Waals surface area contributed by atoms with Crippen molar-refractivity contribution in [3.8, 4) is 0 Å². The van der Waals surface area contributed by atoms with Crippen molar-refractivity contribution in [3.63, 3.8) is 0 Å². The van der Waals surface area contributed by atoms with Gasteiger partial charge in [-0.2, -0.15) is 0 Å². The highest BCUT2D eigenvalue weighted by atomic mass is 14.0. The van der Waals surface area contributed by atoms with Crippen molar-refractivity contribution < 1.29 is 0 Å². The lowest BCUT2D eigenvalue weighted by Gasteiger charge is -2.05. The van der Waals surface area contributed by atoms with E-state index in [4.69, 9.17) is 0 Å². The molecule has 13 heavy (non-hydrogen) atoms. The lowest BCUT2D eigenvalue weighted by atomic mass is 10.00. The van der Waals surface area contributed by atoms with Gasteiger partial charge in [0.05, 0.1) is 0 Å². The highest BCUT2D eigenvalue weighted by molar-refractivity contribution is 5.50. The maximum Gasteiger partial charge on any atom is -0.0191 e. The van der Waals surface area contributed by atoms with Crippen LogP contribution in [0.4, 0.5) is 0 Å². The molecule has 0 unspecified atom stereocenters. The summed E-state index contributed by atoms with van der Waals surface area (Å²) in [7, 11) is 0. The molecule has 0 saturated carbocycles. The number of allylic oxidation sites excluding steroid dienone is 8. The molecule has 0 aromatic heterocycles. The van der Waals surface area contributed by atoms with E-state index < -0.39 is 0 Å². The third-order valence-electron chi connectivity index (χ3n) is 1.90. The Labute approximate surface area is 81.7 Å². The first-order valence-corrected chi connectivity index (χ1v) is 4.45. The molecule has 0 amide bonds. The molecular formula is C13H18. The van der Waals surface area contributed by atoms with Crippen LogP contribution in [0.3, 0.4) is 0 Å².